The van der Waals surface area contributed by atoms with E-state index in [1.165, 1.54) is 22.3 Å². The predicted octanol–water partition coefficient (Wildman–Crippen LogP) is 4.88. The third kappa shape index (κ3) is 2.02. The van der Waals surface area contributed by atoms with Gasteiger partial charge in [0, 0.05) is 5.56 Å². The van der Waals surface area contributed by atoms with Crippen molar-refractivity contribution in [2.75, 3.05) is 0 Å². The minimum atomic E-state index is 1.18. The fraction of sp³-hybridized carbons (Fsp3) is 0. The third-order valence-corrected chi connectivity index (χ3v) is 3.38. The van der Waals surface area contributed by atoms with E-state index in [1.807, 2.05) is 6.07 Å². The first-order chi connectivity index (χ1) is 8.45. The van der Waals surface area contributed by atoms with Crippen LogP contribution in [0.4, 0.5) is 0 Å². The molecule has 0 aliphatic rings. The van der Waals surface area contributed by atoms with E-state index in [1.54, 1.807) is 11.3 Å². The van der Waals surface area contributed by atoms with Crippen LogP contribution < -0.4 is 0 Å². The monoisotopic (exact) mass is 235 g/mol. The van der Waals surface area contributed by atoms with Crippen LogP contribution in [0.5, 0.6) is 0 Å². The summed E-state index contributed by atoms with van der Waals surface area (Å²) in [5, 5.41) is 5.37. The molecule has 1 heteroatoms. The Morgan fingerprint density at radius 1 is 0.706 bits per heavy atom. The lowest BCUT2D eigenvalue weighted by Crippen LogP contribution is -1.82. The quantitative estimate of drug-likeness (QED) is 0.593. The second-order valence-electron chi connectivity index (χ2n) is 3.85. The van der Waals surface area contributed by atoms with Gasteiger partial charge in [-0.3, -0.25) is 0 Å². The van der Waals surface area contributed by atoms with Gasteiger partial charge in [-0.05, 0) is 28.1 Å². The molecular weight excluding hydrogens is 224 g/mol. The van der Waals surface area contributed by atoms with E-state index < -0.39 is 0 Å². The Morgan fingerprint density at radius 3 is 2.12 bits per heavy atom. The molecule has 0 bridgehead atoms. The molecule has 0 fully saturated rings. The predicted molar refractivity (Wildman–Crippen MR) is 74.0 cm³/mol. The van der Waals surface area contributed by atoms with Crippen molar-refractivity contribution in [1.29, 1.82) is 0 Å². The van der Waals surface area contributed by atoms with Crippen molar-refractivity contribution in [2.24, 2.45) is 0 Å². The SMILES string of the molecule is [c]1sccc1-c1ccccc1-c1ccccc1. The Bertz CT molecular complexity index is 594. The van der Waals surface area contributed by atoms with Crippen LogP contribution in [0.3, 0.4) is 0 Å². The van der Waals surface area contributed by atoms with E-state index in [9.17, 15) is 0 Å². The molecule has 17 heavy (non-hydrogen) atoms. The summed E-state index contributed by atoms with van der Waals surface area (Å²) in [4.78, 5) is 0. The molecule has 0 amide bonds. The van der Waals surface area contributed by atoms with Crippen LogP contribution in [0, 0.1) is 5.38 Å². The summed E-state index contributed by atoms with van der Waals surface area (Å²) >= 11 is 1.61. The van der Waals surface area contributed by atoms with Gasteiger partial charge in [-0.1, -0.05) is 54.6 Å². The van der Waals surface area contributed by atoms with Crippen molar-refractivity contribution in [3.8, 4) is 22.3 Å². The van der Waals surface area contributed by atoms with Gasteiger partial charge in [0.05, 0.1) is 5.38 Å². The summed E-state index contributed by atoms with van der Waals surface area (Å²) in [7, 11) is 0. The zero-order valence-corrected chi connectivity index (χ0v) is 10.1. The van der Waals surface area contributed by atoms with Crippen molar-refractivity contribution in [3.63, 3.8) is 0 Å². The summed E-state index contributed by atoms with van der Waals surface area (Å²) in [5.74, 6) is 0. The zero-order valence-electron chi connectivity index (χ0n) is 9.26. The van der Waals surface area contributed by atoms with Gasteiger partial charge in [0.25, 0.3) is 0 Å². The number of hydrogen-bond donors (Lipinski definition) is 0. The van der Waals surface area contributed by atoms with Crippen molar-refractivity contribution >= 4 is 11.3 Å². The lowest BCUT2D eigenvalue weighted by molar-refractivity contribution is 1.60. The first-order valence-electron chi connectivity index (χ1n) is 5.55. The molecule has 1 heterocycles. The highest BCUT2D eigenvalue weighted by atomic mass is 32.1. The van der Waals surface area contributed by atoms with Gasteiger partial charge in [0.2, 0.25) is 0 Å². The van der Waals surface area contributed by atoms with Gasteiger partial charge in [-0.25, -0.2) is 0 Å². The van der Waals surface area contributed by atoms with E-state index in [-0.39, 0.29) is 0 Å². The van der Waals surface area contributed by atoms with Crippen LogP contribution >= 0.6 is 11.3 Å². The molecule has 81 valence electrons. The normalized spacial score (nSPS) is 10.4. The van der Waals surface area contributed by atoms with Crippen molar-refractivity contribution in [3.05, 3.63) is 71.4 Å². The first kappa shape index (κ1) is 10.3. The molecule has 3 aromatic rings. The van der Waals surface area contributed by atoms with E-state index in [2.05, 4.69) is 65.4 Å². The highest BCUT2D eigenvalue weighted by Crippen LogP contribution is 2.32. The second kappa shape index (κ2) is 4.56. The molecule has 0 unspecified atom stereocenters. The zero-order chi connectivity index (χ0) is 11.5. The lowest BCUT2D eigenvalue weighted by Gasteiger charge is -2.07. The number of hydrogen-bond acceptors (Lipinski definition) is 1. The third-order valence-electron chi connectivity index (χ3n) is 2.77. The van der Waals surface area contributed by atoms with Gasteiger partial charge in [0.15, 0.2) is 0 Å². The summed E-state index contributed by atoms with van der Waals surface area (Å²) in [6.45, 7) is 0. The van der Waals surface area contributed by atoms with Crippen LogP contribution in [0.15, 0.2) is 66.0 Å². The van der Waals surface area contributed by atoms with Crippen LogP contribution in [0.25, 0.3) is 22.3 Å². The minimum Gasteiger partial charge on any atom is -0.142 e. The van der Waals surface area contributed by atoms with Gasteiger partial charge in [0.1, 0.15) is 0 Å². The molecule has 0 saturated heterocycles. The fourth-order valence-corrected chi connectivity index (χ4v) is 2.54. The van der Waals surface area contributed by atoms with Gasteiger partial charge < -0.3 is 0 Å². The smallest absolute Gasteiger partial charge is 0.0527 e. The van der Waals surface area contributed by atoms with Crippen LogP contribution in [-0.2, 0) is 0 Å². The van der Waals surface area contributed by atoms with E-state index in [0.29, 0.717) is 0 Å². The number of benzene rings is 2. The van der Waals surface area contributed by atoms with Crippen LogP contribution in [0.2, 0.25) is 0 Å². The van der Waals surface area contributed by atoms with Gasteiger partial charge in [-0.2, -0.15) is 0 Å². The maximum atomic E-state index is 3.31. The van der Waals surface area contributed by atoms with Crippen molar-refractivity contribution in [2.45, 2.75) is 0 Å². The molecule has 0 N–H and O–H groups in total. The standard InChI is InChI=1S/C16H11S/c1-2-6-13(7-3-1)15-8-4-5-9-16(15)14-10-11-17-12-14/h1-11H. The maximum absolute atomic E-state index is 3.31. The Morgan fingerprint density at radius 2 is 1.41 bits per heavy atom. The Kier molecular flexibility index (Phi) is 2.76. The Hall–Kier alpha value is -1.86. The van der Waals surface area contributed by atoms with Crippen LogP contribution in [-0.4, -0.2) is 0 Å². The summed E-state index contributed by atoms with van der Waals surface area (Å²) in [5.41, 5.74) is 4.94. The summed E-state index contributed by atoms with van der Waals surface area (Å²) in [6.07, 6.45) is 0. The summed E-state index contributed by atoms with van der Waals surface area (Å²) < 4.78 is 0. The molecule has 0 atom stereocenters. The number of thiophene rings is 1. The molecule has 0 spiro atoms. The fourth-order valence-electron chi connectivity index (χ4n) is 1.97. The average molecular weight is 235 g/mol. The molecule has 0 aliphatic heterocycles. The van der Waals surface area contributed by atoms with Crippen molar-refractivity contribution < 1.29 is 0 Å². The van der Waals surface area contributed by atoms with E-state index in [0.717, 1.165) is 0 Å². The molecular formula is C16H11S. The molecule has 2 aromatic carbocycles. The molecule has 0 saturated carbocycles. The topological polar surface area (TPSA) is 0 Å². The number of rotatable bonds is 2. The highest BCUT2D eigenvalue weighted by Gasteiger charge is 2.06. The molecule has 1 aromatic heterocycles. The highest BCUT2D eigenvalue weighted by molar-refractivity contribution is 7.07. The first-order valence-corrected chi connectivity index (χ1v) is 6.43. The van der Waals surface area contributed by atoms with Gasteiger partial charge >= 0.3 is 0 Å². The van der Waals surface area contributed by atoms with Crippen molar-refractivity contribution in [1.82, 2.24) is 0 Å². The lowest BCUT2D eigenvalue weighted by atomic mass is 9.96. The Balaban J connectivity index is 2.18. The molecule has 0 aliphatic carbocycles. The molecule has 3 rings (SSSR count). The summed E-state index contributed by atoms with van der Waals surface area (Å²) in [6, 6.07) is 21.1. The molecule has 1 radical (unpaired) electrons. The maximum Gasteiger partial charge on any atom is 0.0527 e. The Labute approximate surface area is 105 Å². The minimum absolute atomic E-state index is 1.18. The van der Waals surface area contributed by atoms with E-state index in [4.69, 9.17) is 0 Å². The van der Waals surface area contributed by atoms with Crippen LogP contribution in [0.1, 0.15) is 0 Å². The second-order valence-corrected chi connectivity index (χ2v) is 4.56. The largest absolute Gasteiger partial charge is 0.142 e. The average Bonchev–Trinajstić information content (AvgIpc) is 2.94. The molecule has 0 nitrogen and oxygen atoms in total. The van der Waals surface area contributed by atoms with E-state index >= 15 is 0 Å². The van der Waals surface area contributed by atoms with Gasteiger partial charge in [-0.15, -0.1) is 11.3 Å².